The second-order valence-electron chi connectivity index (χ2n) is 4.58. The minimum absolute atomic E-state index is 0.0765. The van der Waals surface area contributed by atoms with Crippen LogP contribution in [0.25, 0.3) is 0 Å². The number of nitrogens with zero attached hydrogens (tertiary/aromatic N) is 1. The van der Waals surface area contributed by atoms with E-state index in [0.29, 0.717) is 0 Å². The number of hydrazine groups is 1. The van der Waals surface area contributed by atoms with E-state index in [1.165, 1.54) is 12.3 Å². The predicted octanol–water partition coefficient (Wildman–Crippen LogP) is 2.26. The van der Waals surface area contributed by atoms with E-state index in [2.05, 4.69) is 31.2 Å². The lowest BCUT2D eigenvalue weighted by Gasteiger charge is -2.22. The van der Waals surface area contributed by atoms with Crippen molar-refractivity contribution in [2.45, 2.75) is 31.6 Å². The summed E-state index contributed by atoms with van der Waals surface area (Å²) >= 11 is 1.77. The second-order valence-corrected chi connectivity index (χ2v) is 6.43. The summed E-state index contributed by atoms with van der Waals surface area (Å²) in [7, 11) is 0. The third-order valence-electron chi connectivity index (χ3n) is 2.01. The molecule has 3 nitrogen and oxygen atoms in total. The largest absolute Gasteiger partial charge is 0.271 e. The van der Waals surface area contributed by atoms with E-state index in [0.717, 1.165) is 11.3 Å². The molecule has 3 N–H and O–H groups in total. The Labute approximate surface area is 100.0 Å². The van der Waals surface area contributed by atoms with Gasteiger partial charge in [-0.1, -0.05) is 20.8 Å². The van der Waals surface area contributed by atoms with Gasteiger partial charge in [0.15, 0.2) is 0 Å². The fourth-order valence-corrected chi connectivity index (χ4v) is 2.15. The number of rotatable bonds is 4. The molecule has 0 aromatic carbocycles. The quantitative estimate of drug-likeness (QED) is 0.629. The van der Waals surface area contributed by atoms with E-state index in [9.17, 15) is 4.39 Å². The summed E-state index contributed by atoms with van der Waals surface area (Å²) < 4.78 is 13.2. The lowest BCUT2D eigenvalue weighted by Crippen LogP contribution is -2.31. The SMILES string of the molecule is CC(C)(C)SCC(NN)c1cncc(F)c1. The first-order chi connectivity index (χ1) is 7.42. The highest BCUT2D eigenvalue weighted by atomic mass is 32.2. The van der Waals surface area contributed by atoms with E-state index in [1.54, 1.807) is 18.0 Å². The maximum absolute atomic E-state index is 13.0. The molecule has 0 aliphatic carbocycles. The molecule has 0 aliphatic heterocycles. The molecule has 0 fully saturated rings. The summed E-state index contributed by atoms with van der Waals surface area (Å²) in [5, 5.41) is 0. The molecule has 90 valence electrons. The van der Waals surface area contributed by atoms with Crippen LogP contribution >= 0.6 is 11.8 Å². The van der Waals surface area contributed by atoms with Crippen LogP contribution in [0.4, 0.5) is 4.39 Å². The van der Waals surface area contributed by atoms with Crippen molar-refractivity contribution < 1.29 is 4.39 Å². The van der Waals surface area contributed by atoms with Crippen molar-refractivity contribution in [1.29, 1.82) is 0 Å². The van der Waals surface area contributed by atoms with Gasteiger partial charge in [0.2, 0.25) is 0 Å². The zero-order chi connectivity index (χ0) is 12.2. The van der Waals surface area contributed by atoms with Crippen LogP contribution in [0.3, 0.4) is 0 Å². The number of aromatic nitrogens is 1. The van der Waals surface area contributed by atoms with Gasteiger partial charge < -0.3 is 0 Å². The lowest BCUT2D eigenvalue weighted by atomic mass is 10.1. The minimum Gasteiger partial charge on any atom is -0.271 e. The van der Waals surface area contributed by atoms with Crippen molar-refractivity contribution >= 4 is 11.8 Å². The molecule has 16 heavy (non-hydrogen) atoms. The molecule has 1 aromatic heterocycles. The molecule has 1 atom stereocenters. The third kappa shape index (κ3) is 4.47. The Bertz CT molecular complexity index is 338. The van der Waals surface area contributed by atoms with Gasteiger partial charge >= 0.3 is 0 Å². The summed E-state index contributed by atoms with van der Waals surface area (Å²) in [6.07, 6.45) is 2.82. The average Bonchev–Trinajstić information content (AvgIpc) is 2.17. The Morgan fingerprint density at radius 1 is 1.50 bits per heavy atom. The zero-order valence-corrected chi connectivity index (χ0v) is 10.6. The molecule has 0 aliphatic rings. The normalized spacial score (nSPS) is 13.8. The highest BCUT2D eigenvalue weighted by Crippen LogP contribution is 2.27. The molecule has 0 spiro atoms. The van der Waals surface area contributed by atoms with E-state index in [-0.39, 0.29) is 16.6 Å². The Morgan fingerprint density at radius 3 is 2.69 bits per heavy atom. The molecular weight excluding hydrogens is 225 g/mol. The van der Waals surface area contributed by atoms with Gasteiger partial charge in [0.05, 0.1) is 12.2 Å². The van der Waals surface area contributed by atoms with Gasteiger partial charge in [-0.25, -0.2) is 4.39 Å². The van der Waals surface area contributed by atoms with E-state index >= 15 is 0 Å². The first-order valence-electron chi connectivity index (χ1n) is 5.13. The molecular formula is C11H18FN3S. The molecule has 0 saturated carbocycles. The van der Waals surface area contributed by atoms with Crippen LogP contribution in [-0.2, 0) is 0 Å². The number of hydrogen-bond donors (Lipinski definition) is 2. The van der Waals surface area contributed by atoms with Crippen molar-refractivity contribution in [3.63, 3.8) is 0 Å². The van der Waals surface area contributed by atoms with Gasteiger partial charge in [0, 0.05) is 16.7 Å². The maximum atomic E-state index is 13.0. The Morgan fingerprint density at radius 2 is 2.19 bits per heavy atom. The van der Waals surface area contributed by atoms with Crippen molar-refractivity contribution in [3.05, 3.63) is 29.8 Å². The van der Waals surface area contributed by atoms with Gasteiger partial charge in [-0.15, -0.1) is 0 Å². The molecule has 1 rings (SSSR count). The van der Waals surface area contributed by atoms with Crippen molar-refractivity contribution in [1.82, 2.24) is 10.4 Å². The Kier molecular flexibility index (Phi) is 4.70. The van der Waals surface area contributed by atoms with Gasteiger partial charge in [0.25, 0.3) is 0 Å². The van der Waals surface area contributed by atoms with Crippen LogP contribution < -0.4 is 11.3 Å². The van der Waals surface area contributed by atoms with Crippen LogP contribution in [-0.4, -0.2) is 15.5 Å². The number of halogens is 1. The first-order valence-corrected chi connectivity index (χ1v) is 6.11. The molecule has 0 bridgehead atoms. The second kappa shape index (κ2) is 5.61. The molecule has 0 amide bonds. The van der Waals surface area contributed by atoms with Crippen molar-refractivity contribution in [3.8, 4) is 0 Å². The van der Waals surface area contributed by atoms with Gasteiger partial charge in [-0.05, 0) is 11.6 Å². The smallest absolute Gasteiger partial charge is 0.141 e. The molecule has 1 aromatic rings. The van der Waals surface area contributed by atoms with Crippen LogP contribution in [0.1, 0.15) is 32.4 Å². The molecule has 5 heteroatoms. The van der Waals surface area contributed by atoms with E-state index < -0.39 is 0 Å². The number of hydrogen-bond acceptors (Lipinski definition) is 4. The average molecular weight is 243 g/mol. The van der Waals surface area contributed by atoms with E-state index in [1.807, 2.05) is 0 Å². The topological polar surface area (TPSA) is 50.9 Å². The van der Waals surface area contributed by atoms with Crippen LogP contribution in [0.2, 0.25) is 0 Å². The maximum Gasteiger partial charge on any atom is 0.141 e. The van der Waals surface area contributed by atoms with Gasteiger partial charge in [0.1, 0.15) is 5.82 Å². The van der Waals surface area contributed by atoms with Crippen LogP contribution in [0.15, 0.2) is 18.5 Å². The van der Waals surface area contributed by atoms with Crippen molar-refractivity contribution in [2.24, 2.45) is 5.84 Å². The summed E-state index contributed by atoms with van der Waals surface area (Å²) in [5.41, 5.74) is 3.47. The summed E-state index contributed by atoms with van der Waals surface area (Å²) in [5.74, 6) is 5.92. The highest BCUT2D eigenvalue weighted by Gasteiger charge is 2.16. The third-order valence-corrected chi connectivity index (χ3v) is 3.38. The lowest BCUT2D eigenvalue weighted by molar-refractivity contribution is 0.583. The minimum atomic E-state index is -0.335. The fourth-order valence-electron chi connectivity index (χ4n) is 1.19. The van der Waals surface area contributed by atoms with Gasteiger partial charge in [-0.3, -0.25) is 16.3 Å². The summed E-state index contributed by atoms with van der Waals surface area (Å²) in [6.45, 7) is 6.40. The highest BCUT2D eigenvalue weighted by molar-refractivity contribution is 8.00. The first kappa shape index (κ1) is 13.4. The predicted molar refractivity (Wildman–Crippen MR) is 66.5 cm³/mol. The number of nitrogens with one attached hydrogen (secondary N) is 1. The molecule has 0 radical (unpaired) electrons. The monoisotopic (exact) mass is 243 g/mol. The zero-order valence-electron chi connectivity index (χ0n) is 9.83. The summed E-state index contributed by atoms with van der Waals surface area (Å²) in [4.78, 5) is 3.82. The van der Waals surface area contributed by atoms with E-state index in [4.69, 9.17) is 5.84 Å². The van der Waals surface area contributed by atoms with Gasteiger partial charge in [-0.2, -0.15) is 11.8 Å². The van der Waals surface area contributed by atoms with Crippen LogP contribution in [0, 0.1) is 5.82 Å². The Balaban J connectivity index is 2.68. The Hall–Kier alpha value is -0.650. The standard InChI is InChI=1S/C11H18FN3S/c1-11(2,3)16-7-10(15-13)8-4-9(12)6-14-5-8/h4-6,10,15H,7,13H2,1-3H3. The number of thioether (sulfide) groups is 1. The summed E-state index contributed by atoms with van der Waals surface area (Å²) in [6, 6.07) is 1.38. The number of pyridine rings is 1. The molecule has 1 unspecified atom stereocenters. The number of nitrogens with two attached hydrogens (primary N) is 1. The molecule has 0 saturated heterocycles. The fraction of sp³-hybridized carbons (Fsp3) is 0.545. The van der Waals surface area contributed by atoms with Crippen LogP contribution in [0.5, 0.6) is 0 Å². The molecule has 1 heterocycles. The van der Waals surface area contributed by atoms with Crippen molar-refractivity contribution in [2.75, 3.05) is 5.75 Å².